The normalized spacial score (nSPS) is 12.0. The zero-order valence-electron chi connectivity index (χ0n) is 11.1. The van der Waals surface area contributed by atoms with Crippen molar-refractivity contribution in [1.29, 1.82) is 0 Å². The highest BCUT2D eigenvalue weighted by atomic mass is 35.5. The lowest BCUT2D eigenvalue weighted by molar-refractivity contribution is 0.428. The number of halogens is 1. The molecule has 0 unspecified atom stereocenters. The predicted molar refractivity (Wildman–Crippen MR) is 78.2 cm³/mol. The van der Waals surface area contributed by atoms with Gasteiger partial charge in [-0.2, -0.15) is 0 Å². The van der Waals surface area contributed by atoms with Crippen molar-refractivity contribution < 1.29 is 0 Å². The van der Waals surface area contributed by atoms with Crippen molar-refractivity contribution in [1.82, 2.24) is 10.3 Å². The summed E-state index contributed by atoms with van der Waals surface area (Å²) in [5.74, 6) is 0. The summed E-state index contributed by atoms with van der Waals surface area (Å²) < 4.78 is 0. The number of pyridine rings is 1. The molecule has 1 N–H and O–H groups in total. The highest BCUT2D eigenvalue weighted by Crippen LogP contribution is 2.21. The van der Waals surface area contributed by atoms with Crippen LogP contribution in [0, 0.1) is 0 Å². The zero-order valence-corrected chi connectivity index (χ0v) is 11.9. The molecule has 0 spiro atoms. The van der Waals surface area contributed by atoms with Gasteiger partial charge >= 0.3 is 0 Å². The standard InChI is InChI=1S/C15H19ClN2/c1-15(2,3)17-10-9-12-8-7-11-5-4-6-13(16)14(11)18-12/h4-8,17H,9-10H2,1-3H3. The van der Waals surface area contributed by atoms with Gasteiger partial charge in [-0.1, -0.05) is 29.8 Å². The maximum atomic E-state index is 6.16. The second-order valence-corrected chi connectivity index (χ2v) is 5.95. The largest absolute Gasteiger partial charge is 0.312 e. The molecule has 2 rings (SSSR count). The minimum absolute atomic E-state index is 0.147. The lowest BCUT2D eigenvalue weighted by Gasteiger charge is -2.20. The number of rotatable bonds is 3. The zero-order chi connectivity index (χ0) is 13.2. The van der Waals surface area contributed by atoms with E-state index >= 15 is 0 Å². The molecule has 1 aromatic heterocycles. The topological polar surface area (TPSA) is 24.9 Å². The van der Waals surface area contributed by atoms with Gasteiger partial charge in [-0.15, -0.1) is 0 Å². The summed E-state index contributed by atoms with van der Waals surface area (Å²) in [7, 11) is 0. The van der Waals surface area contributed by atoms with E-state index in [-0.39, 0.29) is 5.54 Å². The highest BCUT2D eigenvalue weighted by molar-refractivity contribution is 6.35. The lowest BCUT2D eigenvalue weighted by Crippen LogP contribution is -2.37. The fraction of sp³-hybridized carbons (Fsp3) is 0.400. The number of fused-ring (bicyclic) bond motifs is 1. The van der Waals surface area contributed by atoms with Crippen molar-refractivity contribution in [3.05, 3.63) is 41.0 Å². The number of hydrogen-bond acceptors (Lipinski definition) is 2. The molecule has 3 heteroatoms. The molecular weight excluding hydrogens is 244 g/mol. The van der Waals surface area contributed by atoms with Gasteiger partial charge in [-0.05, 0) is 32.9 Å². The van der Waals surface area contributed by atoms with Crippen LogP contribution in [0.4, 0.5) is 0 Å². The van der Waals surface area contributed by atoms with Gasteiger partial charge in [0.1, 0.15) is 0 Å². The molecule has 0 bridgehead atoms. The molecule has 0 aliphatic heterocycles. The average molecular weight is 263 g/mol. The van der Waals surface area contributed by atoms with Gasteiger partial charge in [0, 0.05) is 29.6 Å². The van der Waals surface area contributed by atoms with Crippen LogP contribution in [0.25, 0.3) is 10.9 Å². The molecule has 0 aliphatic carbocycles. The van der Waals surface area contributed by atoms with Crippen LogP contribution in [0.1, 0.15) is 26.5 Å². The summed E-state index contributed by atoms with van der Waals surface area (Å²) in [6.07, 6.45) is 0.915. The molecule has 0 fully saturated rings. The van der Waals surface area contributed by atoms with Crippen LogP contribution in [0.5, 0.6) is 0 Å². The molecule has 18 heavy (non-hydrogen) atoms. The Labute approximate surface area is 113 Å². The maximum absolute atomic E-state index is 6.16. The third-order valence-corrected chi connectivity index (χ3v) is 3.07. The molecule has 1 heterocycles. The van der Waals surface area contributed by atoms with E-state index < -0.39 is 0 Å². The number of benzene rings is 1. The van der Waals surface area contributed by atoms with Crippen LogP contribution in [-0.4, -0.2) is 17.1 Å². The lowest BCUT2D eigenvalue weighted by atomic mass is 10.1. The van der Waals surface area contributed by atoms with Crippen LogP contribution < -0.4 is 5.32 Å². The molecule has 0 amide bonds. The fourth-order valence-corrected chi connectivity index (χ4v) is 2.08. The van der Waals surface area contributed by atoms with E-state index in [2.05, 4.69) is 43.2 Å². The Morgan fingerprint density at radius 1 is 1.17 bits per heavy atom. The summed E-state index contributed by atoms with van der Waals surface area (Å²) in [4.78, 5) is 4.62. The van der Waals surface area contributed by atoms with Crippen LogP contribution in [0.15, 0.2) is 30.3 Å². The van der Waals surface area contributed by atoms with Crippen molar-refractivity contribution in [2.75, 3.05) is 6.54 Å². The van der Waals surface area contributed by atoms with Crippen molar-refractivity contribution >= 4 is 22.5 Å². The smallest absolute Gasteiger partial charge is 0.0891 e. The monoisotopic (exact) mass is 262 g/mol. The van der Waals surface area contributed by atoms with E-state index in [0.717, 1.165) is 34.6 Å². The molecule has 0 saturated heterocycles. The first-order valence-corrected chi connectivity index (χ1v) is 6.63. The van der Waals surface area contributed by atoms with E-state index in [1.165, 1.54) is 0 Å². The Kier molecular flexibility index (Phi) is 3.88. The molecule has 0 radical (unpaired) electrons. The van der Waals surface area contributed by atoms with Crippen LogP contribution in [0.2, 0.25) is 5.02 Å². The highest BCUT2D eigenvalue weighted by Gasteiger charge is 2.08. The maximum Gasteiger partial charge on any atom is 0.0891 e. The summed E-state index contributed by atoms with van der Waals surface area (Å²) in [6, 6.07) is 10.0. The predicted octanol–water partition coefficient (Wildman–Crippen LogP) is 3.82. The molecule has 2 aromatic rings. The Hall–Kier alpha value is -1.12. The number of nitrogens with zero attached hydrogens (tertiary/aromatic N) is 1. The molecule has 0 aliphatic rings. The molecule has 1 aromatic carbocycles. The van der Waals surface area contributed by atoms with Crippen LogP contribution >= 0.6 is 11.6 Å². The first-order valence-electron chi connectivity index (χ1n) is 6.25. The van der Waals surface area contributed by atoms with E-state index in [4.69, 9.17) is 11.6 Å². The Morgan fingerprint density at radius 2 is 1.94 bits per heavy atom. The van der Waals surface area contributed by atoms with Crippen LogP contribution in [-0.2, 0) is 6.42 Å². The summed E-state index contributed by atoms with van der Waals surface area (Å²) in [6.45, 7) is 7.42. The minimum Gasteiger partial charge on any atom is -0.312 e. The Bertz CT molecular complexity index is 544. The van der Waals surface area contributed by atoms with Crippen molar-refractivity contribution in [2.45, 2.75) is 32.7 Å². The van der Waals surface area contributed by atoms with Crippen molar-refractivity contribution in [2.24, 2.45) is 0 Å². The number of nitrogens with one attached hydrogen (secondary N) is 1. The second kappa shape index (κ2) is 5.25. The van der Waals surface area contributed by atoms with Gasteiger partial charge in [0.05, 0.1) is 10.5 Å². The minimum atomic E-state index is 0.147. The van der Waals surface area contributed by atoms with Gasteiger partial charge in [0.15, 0.2) is 0 Å². The van der Waals surface area contributed by atoms with Crippen molar-refractivity contribution in [3.63, 3.8) is 0 Å². The van der Waals surface area contributed by atoms with Crippen molar-refractivity contribution in [3.8, 4) is 0 Å². The molecule has 2 nitrogen and oxygen atoms in total. The molecule has 96 valence electrons. The van der Waals surface area contributed by atoms with Gasteiger partial charge < -0.3 is 5.32 Å². The van der Waals surface area contributed by atoms with Gasteiger partial charge in [-0.3, -0.25) is 4.98 Å². The fourth-order valence-electron chi connectivity index (χ4n) is 1.86. The third kappa shape index (κ3) is 3.44. The van der Waals surface area contributed by atoms with E-state index in [9.17, 15) is 0 Å². The second-order valence-electron chi connectivity index (χ2n) is 5.54. The molecule has 0 atom stereocenters. The van der Waals surface area contributed by atoms with Gasteiger partial charge in [0.25, 0.3) is 0 Å². The Morgan fingerprint density at radius 3 is 2.67 bits per heavy atom. The molecule has 0 saturated carbocycles. The van der Waals surface area contributed by atoms with Gasteiger partial charge in [0.2, 0.25) is 0 Å². The Balaban J connectivity index is 2.13. The summed E-state index contributed by atoms with van der Waals surface area (Å²) >= 11 is 6.16. The first kappa shape index (κ1) is 13.3. The van der Waals surface area contributed by atoms with E-state index in [1.807, 2.05) is 18.2 Å². The first-order chi connectivity index (χ1) is 8.46. The van der Waals surface area contributed by atoms with Crippen LogP contribution in [0.3, 0.4) is 0 Å². The number of aromatic nitrogens is 1. The summed E-state index contributed by atoms with van der Waals surface area (Å²) in [5, 5.41) is 5.27. The quantitative estimate of drug-likeness (QED) is 0.910. The third-order valence-electron chi connectivity index (χ3n) is 2.77. The SMILES string of the molecule is CC(C)(C)NCCc1ccc2cccc(Cl)c2n1. The van der Waals surface area contributed by atoms with E-state index in [0.29, 0.717) is 0 Å². The molecular formula is C15H19ClN2. The van der Waals surface area contributed by atoms with E-state index in [1.54, 1.807) is 0 Å². The average Bonchev–Trinajstić information content (AvgIpc) is 2.28. The number of hydrogen-bond donors (Lipinski definition) is 1. The summed E-state index contributed by atoms with van der Waals surface area (Å²) in [5.41, 5.74) is 2.12. The number of para-hydroxylation sites is 1. The van der Waals surface area contributed by atoms with Gasteiger partial charge in [-0.25, -0.2) is 0 Å².